The fourth-order valence-electron chi connectivity index (χ4n) is 1.93. The van der Waals surface area contributed by atoms with Crippen LogP contribution in [0.1, 0.15) is 33.3 Å². The standard InChI is InChI=1S/C14H22N2O/c1-11(2)16(12(3)4)14(17)15-10-13-8-6-5-7-9-13/h5-9,11-12H,10H2,1-4H3,(H,15,17). The number of benzene rings is 1. The first kappa shape index (κ1) is 13.6. The summed E-state index contributed by atoms with van der Waals surface area (Å²) in [5, 5.41) is 2.95. The number of nitrogens with zero attached hydrogens (tertiary/aromatic N) is 1. The Hall–Kier alpha value is -1.51. The number of carbonyl (C=O) groups is 1. The molecule has 0 radical (unpaired) electrons. The Labute approximate surface area is 104 Å². The van der Waals surface area contributed by atoms with Crippen LogP contribution in [0.2, 0.25) is 0 Å². The second kappa shape index (κ2) is 6.28. The fraction of sp³-hybridized carbons (Fsp3) is 0.500. The molecule has 0 fully saturated rings. The first-order chi connectivity index (χ1) is 8.02. The van der Waals surface area contributed by atoms with Crippen molar-refractivity contribution in [1.29, 1.82) is 0 Å². The summed E-state index contributed by atoms with van der Waals surface area (Å²) in [7, 11) is 0. The van der Waals surface area contributed by atoms with Crippen LogP contribution < -0.4 is 5.32 Å². The van der Waals surface area contributed by atoms with Crippen molar-refractivity contribution < 1.29 is 4.79 Å². The number of nitrogens with one attached hydrogen (secondary N) is 1. The lowest BCUT2D eigenvalue weighted by molar-refractivity contribution is 0.164. The van der Waals surface area contributed by atoms with Crippen LogP contribution in [0.4, 0.5) is 4.79 Å². The lowest BCUT2D eigenvalue weighted by Crippen LogP contribution is -2.47. The Balaban J connectivity index is 2.54. The van der Waals surface area contributed by atoms with Crippen LogP contribution in [0.25, 0.3) is 0 Å². The third-order valence-corrected chi connectivity index (χ3v) is 2.63. The third-order valence-electron chi connectivity index (χ3n) is 2.63. The van der Waals surface area contributed by atoms with Crippen LogP contribution in [0.3, 0.4) is 0 Å². The molecule has 0 aromatic heterocycles. The highest BCUT2D eigenvalue weighted by molar-refractivity contribution is 5.74. The molecule has 0 heterocycles. The molecular weight excluding hydrogens is 212 g/mol. The van der Waals surface area contributed by atoms with Gasteiger partial charge in [0, 0.05) is 18.6 Å². The predicted octanol–water partition coefficient (Wildman–Crippen LogP) is 3.02. The van der Waals surface area contributed by atoms with E-state index in [-0.39, 0.29) is 18.1 Å². The van der Waals surface area contributed by atoms with E-state index in [2.05, 4.69) is 5.32 Å². The smallest absolute Gasteiger partial charge is 0.318 e. The molecule has 3 heteroatoms. The van der Waals surface area contributed by atoms with Crippen molar-refractivity contribution in [2.24, 2.45) is 0 Å². The van der Waals surface area contributed by atoms with Gasteiger partial charge in [0.05, 0.1) is 0 Å². The van der Waals surface area contributed by atoms with Gasteiger partial charge in [0.15, 0.2) is 0 Å². The Morgan fingerprint density at radius 2 is 1.65 bits per heavy atom. The molecule has 0 spiro atoms. The van der Waals surface area contributed by atoms with E-state index < -0.39 is 0 Å². The minimum absolute atomic E-state index is 0.00106. The minimum Gasteiger partial charge on any atom is -0.334 e. The highest BCUT2D eigenvalue weighted by Gasteiger charge is 2.19. The molecule has 3 nitrogen and oxygen atoms in total. The van der Waals surface area contributed by atoms with Gasteiger partial charge in [0.25, 0.3) is 0 Å². The summed E-state index contributed by atoms with van der Waals surface area (Å²) >= 11 is 0. The second-order valence-corrected chi connectivity index (χ2v) is 4.74. The quantitative estimate of drug-likeness (QED) is 0.853. The number of carbonyl (C=O) groups excluding carboxylic acids is 1. The summed E-state index contributed by atoms with van der Waals surface area (Å²) in [5.41, 5.74) is 1.12. The van der Waals surface area contributed by atoms with E-state index >= 15 is 0 Å². The maximum Gasteiger partial charge on any atom is 0.318 e. The van der Waals surface area contributed by atoms with Crippen LogP contribution in [0, 0.1) is 0 Å². The molecule has 0 aliphatic rings. The summed E-state index contributed by atoms with van der Waals surface area (Å²) in [6, 6.07) is 10.4. The van der Waals surface area contributed by atoms with Crippen molar-refractivity contribution in [2.45, 2.75) is 46.3 Å². The topological polar surface area (TPSA) is 32.3 Å². The largest absolute Gasteiger partial charge is 0.334 e. The Morgan fingerprint density at radius 1 is 1.12 bits per heavy atom. The molecule has 0 bridgehead atoms. The van der Waals surface area contributed by atoms with E-state index in [1.807, 2.05) is 62.9 Å². The van der Waals surface area contributed by atoms with Gasteiger partial charge in [-0.3, -0.25) is 0 Å². The molecule has 0 unspecified atom stereocenters. The molecule has 0 atom stereocenters. The van der Waals surface area contributed by atoms with Gasteiger partial charge in [0.2, 0.25) is 0 Å². The van der Waals surface area contributed by atoms with E-state index in [1.165, 1.54) is 0 Å². The first-order valence-electron chi connectivity index (χ1n) is 6.12. The molecular formula is C14H22N2O. The van der Waals surface area contributed by atoms with E-state index in [0.29, 0.717) is 6.54 Å². The summed E-state index contributed by atoms with van der Waals surface area (Å²) in [5.74, 6) is 0. The van der Waals surface area contributed by atoms with Gasteiger partial charge in [-0.1, -0.05) is 30.3 Å². The Morgan fingerprint density at radius 3 is 2.12 bits per heavy atom. The van der Waals surface area contributed by atoms with Crippen LogP contribution >= 0.6 is 0 Å². The van der Waals surface area contributed by atoms with Crippen molar-refractivity contribution in [3.8, 4) is 0 Å². The Kier molecular flexibility index (Phi) is 5.01. The normalized spacial score (nSPS) is 10.7. The highest BCUT2D eigenvalue weighted by atomic mass is 16.2. The van der Waals surface area contributed by atoms with Gasteiger partial charge in [-0.05, 0) is 33.3 Å². The van der Waals surface area contributed by atoms with Crippen molar-refractivity contribution in [1.82, 2.24) is 10.2 Å². The molecule has 17 heavy (non-hydrogen) atoms. The maximum absolute atomic E-state index is 12.0. The molecule has 1 N–H and O–H groups in total. The molecule has 0 saturated heterocycles. The van der Waals surface area contributed by atoms with E-state index in [1.54, 1.807) is 0 Å². The molecule has 2 amide bonds. The van der Waals surface area contributed by atoms with Crippen molar-refractivity contribution in [2.75, 3.05) is 0 Å². The highest BCUT2D eigenvalue weighted by Crippen LogP contribution is 2.06. The number of urea groups is 1. The second-order valence-electron chi connectivity index (χ2n) is 4.74. The first-order valence-corrected chi connectivity index (χ1v) is 6.12. The van der Waals surface area contributed by atoms with Gasteiger partial charge >= 0.3 is 6.03 Å². The molecule has 1 aromatic rings. The molecule has 0 saturated carbocycles. The van der Waals surface area contributed by atoms with E-state index in [0.717, 1.165) is 5.56 Å². The number of rotatable bonds is 4. The lowest BCUT2D eigenvalue weighted by atomic mass is 10.2. The van der Waals surface area contributed by atoms with Crippen LogP contribution in [0.5, 0.6) is 0 Å². The summed E-state index contributed by atoms with van der Waals surface area (Å²) < 4.78 is 0. The van der Waals surface area contributed by atoms with Gasteiger partial charge < -0.3 is 10.2 Å². The third kappa shape index (κ3) is 4.10. The molecule has 94 valence electrons. The van der Waals surface area contributed by atoms with E-state index in [9.17, 15) is 4.79 Å². The monoisotopic (exact) mass is 234 g/mol. The predicted molar refractivity (Wildman–Crippen MR) is 70.8 cm³/mol. The van der Waals surface area contributed by atoms with Gasteiger partial charge in [-0.2, -0.15) is 0 Å². The number of amides is 2. The molecule has 1 rings (SSSR count). The van der Waals surface area contributed by atoms with Crippen LogP contribution in [-0.4, -0.2) is 23.0 Å². The van der Waals surface area contributed by atoms with Gasteiger partial charge in [-0.15, -0.1) is 0 Å². The van der Waals surface area contributed by atoms with Gasteiger partial charge in [0.1, 0.15) is 0 Å². The average Bonchev–Trinajstić information content (AvgIpc) is 2.27. The zero-order chi connectivity index (χ0) is 12.8. The van der Waals surface area contributed by atoms with Crippen molar-refractivity contribution in [3.63, 3.8) is 0 Å². The molecule has 1 aromatic carbocycles. The van der Waals surface area contributed by atoms with Crippen LogP contribution in [-0.2, 0) is 6.54 Å². The minimum atomic E-state index is -0.00106. The summed E-state index contributed by atoms with van der Waals surface area (Å²) in [6.45, 7) is 8.70. The SMILES string of the molecule is CC(C)N(C(=O)NCc1ccccc1)C(C)C. The fourth-order valence-corrected chi connectivity index (χ4v) is 1.93. The summed E-state index contributed by atoms with van der Waals surface area (Å²) in [6.07, 6.45) is 0. The lowest BCUT2D eigenvalue weighted by Gasteiger charge is -2.30. The van der Waals surface area contributed by atoms with Crippen molar-refractivity contribution >= 4 is 6.03 Å². The summed E-state index contributed by atoms with van der Waals surface area (Å²) in [4.78, 5) is 13.9. The molecule has 0 aliphatic heterocycles. The zero-order valence-corrected chi connectivity index (χ0v) is 11.1. The number of hydrogen-bond acceptors (Lipinski definition) is 1. The Bertz CT molecular complexity index is 338. The van der Waals surface area contributed by atoms with E-state index in [4.69, 9.17) is 0 Å². The van der Waals surface area contributed by atoms with Gasteiger partial charge in [-0.25, -0.2) is 4.79 Å². The zero-order valence-electron chi connectivity index (χ0n) is 11.1. The van der Waals surface area contributed by atoms with Crippen molar-refractivity contribution in [3.05, 3.63) is 35.9 Å². The molecule has 0 aliphatic carbocycles. The van der Waals surface area contributed by atoms with Crippen LogP contribution in [0.15, 0.2) is 30.3 Å². The maximum atomic E-state index is 12.0. The number of hydrogen-bond donors (Lipinski definition) is 1. The average molecular weight is 234 g/mol.